The largest absolute Gasteiger partial charge is 0.394 e. The fraction of sp³-hybridized carbons (Fsp3) is 0.667. The molecule has 1 unspecified atom stereocenters. The van der Waals surface area contributed by atoms with Gasteiger partial charge >= 0.3 is 0 Å². The number of fused-ring (bicyclic) bond motifs is 1. The molecule has 0 bridgehead atoms. The van der Waals surface area contributed by atoms with Crippen LogP contribution in [0.4, 0.5) is 5.82 Å². The Balaban J connectivity index is 1.67. The third kappa shape index (κ3) is 2.88. The number of nitrogens with one attached hydrogen (secondary N) is 1. The van der Waals surface area contributed by atoms with Gasteiger partial charge in [-0.05, 0) is 37.3 Å². The van der Waals surface area contributed by atoms with Crippen LogP contribution in [0.2, 0.25) is 5.28 Å². The molecule has 3 heterocycles. The number of hydrogen-bond acceptors (Lipinski definition) is 6. The Morgan fingerprint density at radius 3 is 2.83 bits per heavy atom. The predicted octanol–water partition coefficient (Wildman–Crippen LogP) is 2.50. The predicted molar refractivity (Wildman–Crippen MR) is 86.4 cm³/mol. The van der Waals surface area contributed by atoms with Gasteiger partial charge in [0.2, 0.25) is 5.28 Å². The maximum absolute atomic E-state index is 9.23. The lowest BCUT2D eigenvalue weighted by molar-refractivity contribution is -0.0262. The van der Waals surface area contributed by atoms with Gasteiger partial charge in [-0.2, -0.15) is 15.1 Å². The minimum atomic E-state index is -0.213. The van der Waals surface area contributed by atoms with Crippen LogP contribution in [0.25, 0.3) is 11.0 Å². The van der Waals surface area contributed by atoms with Crippen LogP contribution in [-0.2, 0) is 4.74 Å². The van der Waals surface area contributed by atoms with E-state index in [0.717, 1.165) is 36.9 Å². The molecule has 1 saturated heterocycles. The molecule has 2 atom stereocenters. The van der Waals surface area contributed by atoms with Crippen molar-refractivity contribution in [3.8, 4) is 0 Å². The minimum absolute atomic E-state index is 0.0277. The van der Waals surface area contributed by atoms with Gasteiger partial charge in [-0.3, -0.25) is 0 Å². The number of aliphatic hydroxyl groups excluding tert-OH is 1. The maximum Gasteiger partial charge on any atom is 0.226 e. The van der Waals surface area contributed by atoms with Crippen molar-refractivity contribution in [2.45, 2.75) is 56.9 Å². The summed E-state index contributed by atoms with van der Waals surface area (Å²) in [6.07, 6.45) is 7.83. The Morgan fingerprint density at radius 1 is 1.26 bits per heavy atom. The summed E-state index contributed by atoms with van der Waals surface area (Å²) in [4.78, 5) is 8.68. The van der Waals surface area contributed by atoms with E-state index in [1.807, 2.05) is 0 Å². The third-order valence-electron chi connectivity index (χ3n) is 4.68. The summed E-state index contributed by atoms with van der Waals surface area (Å²) in [6.45, 7) is 0.0277. The molecular weight excluding hydrogens is 318 g/mol. The van der Waals surface area contributed by atoms with Gasteiger partial charge in [0.05, 0.1) is 24.3 Å². The summed E-state index contributed by atoms with van der Waals surface area (Å²) >= 11 is 6.12. The summed E-state index contributed by atoms with van der Waals surface area (Å²) in [7, 11) is 0. The Bertz CT molecular complexity index is 700. The van der Waals surface area contributed by atoms with E-state index in [1.165, 1.54) is 12.8 Å². The van der Waals surface area contributed by atoms with E-state index < -0.39 is 0 Å². The number of hydrogen-bond donors (Lipinski definition) is 2. The summed E-state index contributed by atoms with van der Waals surface area (Å²) in [6, 6.07) is 0.439. The molecular formula is C15H20ClN5O2. The highest BCUT2D eigenvalue weighted by Crippen LogP contribution is 2.32. The quantitative estimate of drug-likeness (QED) is 0.834. The van der Waals surface area contributed by atoms with Gasteiger partial charge in [0.1, 0.15) is 5.82 Å². The Morgan fingerprint density at radius 2 is 2.09 bits per heavy atom. The van der Waals surface area contributed by atoms with Crippen molar-refractivity contribution in [2.24, 2.45) is 0 Å². The molecule has 7 nitrogen and oxygen atoms in total. The van der Waals surface area contributed by atoms with Crippen LogP contribution in [0.5, 0.6) is 0 Å². The molecule has 0 radical (unpaired) electrons. The van der Waals surface area contributed by atoms with Crippen LogP contribution in [0.1, 0.15) is 44.8 Å². The van der Waals surface area contributed by atoms with Gasteiger partial charge < -0.3 is 15.2 Å². The molecule has 124 valence electrons. The van der Waals surface area contributed by atoms with Gasteiger partial charge in [0, 0.05) is 6.04 Å². The molecule has 0 amide bonds. The van der Waals surface area contributed by atoms with Crippen molar-refractivity contribution in [3.63, 3.8) is 0 Å². The van der Waals surface area contributed by atoms with E-state index in [2.05, 4.69) is 20.4 Å². The molecule has 8 heteroatoms. The molecule has 2 aliphatic rings. The van der Waals surface area contributed by atoms with Crippen molar-refractivity contribution in [1.82, 2.24) is 19.7 Å². The zero-order valence-electron chi connectivity index (χ0n) is 12.8. The Kier molecular flexibility index (Phi) is 4.09. The van der Waals surface area contributed by atoms with E-state index in [-0.39, 0.29) is 24.2 Å². The van der Waals surface area contributed by atoms with Crippen LogP contribution >= 0.6 is 11.6 Å². The molecule has 23 heavy (non-hydrogen) atoms. The fourth-order valence-electron chi connectivity index (χ4n) is 3.48. The Hall–Kier alpha value is -1.44. The first kappa shape index (κ1) is 15.1. The summed E-state index contributed by atoms with van der Waals surface area (Å²) in [5.74, 6) is 0.745. The van der Waals surface area contributed by atoms with Crippen molar-refractivity contribution in [2.75, 3.05) is 11.9 Å². The number of anilines is 1. The van der Waals surface area contributed by atoms with Crippen molar-refractivity contribution in [3.05, 3.63) is 11.5 Å². The zero-order chi connectivity index (χ0) is 15.8. The lowest BCUT2D eigenvalue weighted by Crippen LogP contribution is -2.17. The summed E-state index contributed by atoms with van der Waals surface area (Å²) in [5.41, 5.74) is 0.675. The van der Waals surface area contributed by atoms with E-state index >= 15 is 0 Å². The van der Waals surface area contributed by atoms with Crippen molar-refractivity contribution >= 4 is 28.5 Å². The number of halogens is 1. The number of nitrogens with zero attached hydrogens (tertiary/aromatic N) is 4. The maximum atomic E-state index is 9.23. The standard InChI is InChI=1S/C15H20ClN5O2/c16-15-19-13(18-9-3-1-2-4-9)11-7-17-21(14(11)20-15)12-6-5-10(8-22)23-12/h7,9-10,12,22H,1-6,8H2,(H,18,19,20)/t10?,12-/m1/s1. The molecule has 2 aromatic rings. The second kappa shape index (κ2) is 6.22. The van der Waals surface area contributed by atoms with E-state index in [4.69, 9.17) is 16.3 Å². The molecule has 1 aliphatic heterocycles. The first-order valence-electron chi connectivity index (χ1n) is 8.18. The van der Waals surface area contributed by atoms with Crippen LogP contribution in [0.3, 0.4) is 0 Å². The zero-order valence-corrected chi connectivity index (χ0v) is 13.5. The van der Waals surface area contributed by atoms with Crippen LogP contribution < -0.4 is 5.32 Å². The second-order valence-electron chi connectivity index (χ2n) is 6.27. The summed E-state index contributed by atoms with van der Waals surface area (Å²) < 4.78 is 7.55. The van der Waals surface area contributed by atoms with Gasteiger partial charge in [0.25, 0.3) is 0 Å². The number of rotatable bonds is 4. The molecule has 1 aliphatic carbocycles. The first-order chi connectivity index (χ1) is 11.2. The Labute approximate surface area is 139 Å². The van der Waals surface area contributed by atoms with Crippen LogP contribution in [0, 0.1) is 0 Å². The van der Waals surface area contributed by atoms with Gasteiger partial charge in [0.15, 0.2) is 11.9 Å². The highest BCUT2D eigenvalue weighted by Gasteiger charge is 2.29. The van der Waals surface area contributed by atoms with Gasteiger partial charge in [-0.1, -0.05) is 12.8 Å². The topological polar surface area (TPSA) is 85.1 Å². The minimum Gasteiger partial charge on any atom is -0.394 e. The number of aliphatic hydroxyl groups is 1. The molecule has 1 saturated carbocycles. The van der Waals surface area contributed by atoms with E-state index in [0.29, 0.717) is 11.7 Å². The van der Waals surface area contributed by atoms with Crippen LogP contribution in [0.15, 0.2) is 6.20 Å². The smallest absolute Gasteiger partial charge is 0.226 e. The molecule has 4 rings (SSSR count). The first-order valence-corrected chi connectivity index (χ1v) is 8.56. The van der Waals surface area contributed by atoms with Gasteiger partial charge in [-0.25, -0.2) is 4.68 Å². The molecule has 0 spiro atoms. The number of ether oxygens (including phenoxy) is 1. The van der Waals surface area contributed by atoms with Crippen molar-refractivity contribution < 1.29 is 9.84 Å². The SMILES string of the molecule is OCC1CC[C@H](n2ncc3c(NC4CCCC4)nc(Cl)nc32)O1. The average molecular weight is 338 g/mol. The van der Waals surface area contributed by atoms with Crippen LogP contribution in [-0.4, -0.2) is 43.6 Å². The van der Waals surface area contributed by atoms with E-state index in [9.17, 15) is 5.11 Å². The van der Waals surface area contributed by atoms with Gasteiger partial charge in [-0.15, -0.1) is 0 Å². The lowest BCUT2D eigenvalue weighted by Gasteiger charge is -2.15. The normalized spacial score (nSPS) is 25.5. The average Bonchev–Trinajstić information content (AvgIpc) is 3.26. The highest BCUT2D eigenvalue weighted by atomic mass is 35.5. The van der Waals surface area contributed by atoms with E-state index in [1.54, 1.807) is 10.9 Å². The third-order valence-corrected chi connectivity index (χ3v) is 4.85. The molecule has 2 fully saturated rings. The second-order valence-corrected chi connectivity index (χ2v) is 6.60. The van der Waals surface area contributed by atoms with Crippen molar-refractivity contribution in [1.29, 1.82) is 0 Å². The molecule has 2 N–H and O–H groups in total. The molecule has 2 aromatic heterocycles. The summed E-state index contributed by atoms with van der Waals surface area (Å²) in [5, 5.41) is 18.2. The lowest BCUT2D eigenvalue weighted by atomic mass is 10.2. The monoisotopic (exact) mass is 337 g/mol. The highest BCUT2D eigenvalue weighted by molar-refractivity contribution is 6.28. The number of aromatic nitrogens is 4. The fourth-order valence-corrected chi connectivity index (χ4v) is 3.65. The molecule has 0 aromatic carbocycles.